The van der Waals surface area contributed by atoms with Crippen LogP contribution in [0.1, 0.15) is 27.7 Å². The van der Waals surface area contributed by atoms with E-state index in [2.05, 4.69) is 5.32 Å². The van der Waals surface area contributed by atoms with Gasteiger partial charge in [-0.3, -0.25) is 4.79 Å². The van der Waals surface area contributed by atoms with Gasteiger partial charge < -0.3 is 5.32 Å². The van der Waals surface area contributed by atoms with Crippen molar-refractivity contribution >= 4 is 5.91 Å². The molecule has 0 saturated heterocycles. The highest BCUT2D eigenvalue weighted by atomic mass is 16.1. The molecule has 0 rings (SSSR count). The van der Waals surface area contributed by atoms with Crippen LogP contribution in [0.15, 0.2) is 0 Å². The molecule has 2 heteroatoms. The van der Waals surface area contributed by atoms with Crippen LogP contribution < -0.4 is 5.32 Å². The normalized spacial score (nSPS) is 10.4. The summed E-state index contributed by atoms with van der Waals surface area (Å²) in [7, 11) is 0. The first kappa shape index (κ1) is 8.47. The van der Waals surface area contributed by atoms with Gasteiger partial charge in [-0.1, -0.05) is 13.8 Å². The third kappa shape index (κ3) is 4.01. The first-order valence-corrected chi connectivity index (χ1v) is 3.34. The molecule has 0 aliphatic carbocycles. The predicted octanol–water partition coefficient (Wildman–Crippen LogP) is 1.17. The second-order valence-corrected chi connectivity index (χ2v) is 2.82. The SMILES string of the molecule is CC(C)NC(=O)C(C)C. The molecular weight excluding hydrogens is 114 g/mol. The average molecular weight is 129 g/mol. The van der Waals surface area contributed by atoms with E-state index in [1.54, 1.807) is 0 Å². The summed E-state index contributed by atoms with van der Waals surface area (Å²) in [6.45, 7) is 7.69. The summed E-state index contributed by atoms with van der Waals surface area (Å²) in [6.07, 6.45) is 0. The summed E-state index contributed by atoms with van der Waals surface area (Å²) in [5, 5.41) is 2.80. The zero-order valence-corrected chi connectivity index (χ0v) is 6.56. The van der Waals surface area contributed by atoms with E-state index in [1.165, 1.54) is 0 Å². The molecule has 9 heavy (non-hydrogen) atoms. The molecule has 0 saturated carbocycles. The van der Waals surface area contributed by atoms with Crippen LogP contribution in [-0.2, 0) is 4.79 Å². The van der Waals surface area contributed by atoms with E-state index in [0.29, 0.717) is 0 Å². The van der Waals surface area contributed by atoms with Crippen LogP contribution >= 0.6 is 0 Å². The molecule has 1 amide bonds. The van der Waals surface area contributed by atoms with Crippen LogP contribution in [0.4, 0.5) is 0 Å². The Kier molecular flexibility index (Phi) is 3.28. The molecule has 0 fully saturated rings. The van der Waals surface area contributed by atoms with E-state index in [-0.39, 0.29) is 17.9 Å². The number of carbonyl (C=O) groups is 1. The van der Waals surface area contributed by atoms with Crippen molar-refractivity contribution in [2.24, 2.45) is 5.92 Å². The van der Waals surface area contributed by atoms with E-state index in [9.17, 15) is 4.79 Å². The third-order valence-corrected chi connectivity index (χ3v) is 0.955. The fourth-order valence-corrected chi connectivity index (χ4v) is 0.451. The van der Waals surface area contributed by atoms with Gasteiger partial charge in [0.2, 0.25) is 5.91 Å². The molecule has 0 aromatic carbocycles. The van der Waals surface area contributed by atoms with Gasteiger partial charge in [0.25, 0.3) is 0 Å². The summed E-state index contributed by atoms with van der Waals surface area (Å²) in [5.41, 5.74) is 0. The molecule has 0 radical (unpaired) electrons. The number of hydrogen-bond acceptors (Lipinski definition) is 1. The summed E-state index contributed by atoms with van der Waals surface area (Å²) in [4.78, 5) is 10.8. The van der Waals surface area contributed by atoms with Crippen LogP contribution in [0, 0.1) is 5.92 Å². The topological polar surface area (TPSA) is 29.1 Å². The van der Waals surface area contributed by atoms with Gasteiger partial charge in [0.05, 0.1) is 0 Å². The van der Waals surface area contributed by atoms with Gasteiger partial charge in [-0.05, 0) is 13.8 Å². The molecule has 54 valence electrons. The Morgan fingerprint density at radius 1 is 1.22 bits per heavy atom. The monoisotopic (exact) mass is 129 g/mol. The fraction of sp³-hybridized carbons (Fsp3) is 0.857. The first-order valence-electron chi connectivity index (χ1n) is 3.34. The molecular formula is C7H15NO. The van der Waals surface area contributed by atoms with Crippen molar-refractivity contribution < 1.29 is 4.79 Å². The van der Waals surface area contributed by atoms with Crippen molar-refractivity contribution in [2.75, 3.05) is 0 Å². The fourth-order valence-electron chi connectivity index (χ4n) is 0.451. The summed E-state index contributed by atoms with van der Waals surface area (Å²) in [5.74, 6) is 0.234. The number of amides is 1. The number of nitrogens with one attached hydrogen (secondary N) is 1. The van der Waals surface area contributed by atoms with Crippen LogP contribution in [0.25, 0.3) is 0 Å². The molecule has 0 aliphatic rings. The zero-order valence-electron chi connectivity index (χ0n) is 6.56. The summed E-state index contributed by atoms with van der Waals surface area (Å²) in [6, 6.07) is 0.264. The number of hydrogen-bond donors (Lipinski definition) is 1. The molecule has 0 bridgehead atoms. The second-order valence-electron chi connectivity index (χ2n) is 2.82. The molecule has 2 nitrogen and oxygen atoms in total. The molecule has 0 aromatic heterocycles. The lowest BCUT2D eigenvalue weighted by molar-refractivity contribution is -0.124. The van der Waals surface area contributed by atoms with Crippen molar-refractivity contribution in [1.82, 2.24) is 5.32 Å². The van der Waals surface area contributed by atoms with Crippen LogP contribution in [0.5, 0.6) is 0 Å². The Labute approximate surface area is 56.6 Å². The van der Waals surface area contributed by atoms with Crippen molar-refractivity contribution in [2.45, 2.75) is 33.7 Å². The number of carbonyl (C=O) groups excluding carboxylic acids is 1. The van der Waals surface area contributed by atoms with E-state index in [0.717, 1.165) is 0 Å². The highest BCUT2D eigenvalue weighted by Gasteiger charge is 2.06. The smallest absolute Gasteiger partial charge is 0.222 e. The van der Waals surface area contributed by atoms with Crippen molar-refractivity contribution in [3.05, 3.63) is 0 Å². The molecule has 0 unspecified atom stereocenters. The minimum atomic E-state index is 0.104. The zero-order chi connectivity index (χ0) is 7.44. The molecule has 0 atom stereocenters. The van der Waals surface area contributed by atoms with Gasteiger partial charge in [-0.15, -0.1) is 0 Å². The van der Waals surface area contributed by atoms with Crippen LogP contribution in [0.3, 0.4) is 0 Å². The second kappa shape index (κ2) is 3.49. The Morgan fingerprint density at radius 3 is 1.78 bits per heavy atom. The van der Waals surface area contributed by atoms with Crippen molar-refractivity contribution in [1.29, 1.82) is 0 Å². The highest BCUT2D eigenvalue weighted by molar-refractivity contribution is 5.78. The minimum Gasteiger partial charge on any atom is -0.354 e. The minimum absolute atomic E-state index is 0.104. The quantitative estimate of drug-likeness (QED) is 0.595. The molecule has 1 N–H and O–H groups in total. The van der Waals surface area contributed by atoms with E-state index in [4.69, 9.17) is 0 Å². The highest BCUT2D eigenvalue weighted by Crippen LogP contribution is 1.91. The van der Waals surface area contributed by atoms with E-state index in [1.807, 2.05) is 27.7 Å². The third-order valence-electron chi connectivity index (χ3n) is 0.955. The lowest BCUT2D eigenvalue weighted by atomic mass is 10.2. The van der Waals surface area contributed by atoms with Gasteiger partial charge in [-0.25, -0.2) is 0 Å². The standard InChI is InChI=1S/C7H15NO/c1-5(2)7(9)8-6(3)4/h5-6H,1-4H3,(H,8,9). The van der Waals surface area contributed by atoms with E-state index < -0.39 is 0 Å². The Hall–Kier alpha value is -0.530. The first-order chi connectivity index (χ1) is 4.04. The van der Waals surface area contributed by atoms with Gasteiger partial charge in [0.15, 0.2) is 0 Å². The molecule has 0 heterocycles. The van der Waals surface area contributed by atoms with Crippen molar-refractivity contribution in [3.63, 3.8) is 0 Å². The summed E-state index contributed by atoms with van der Waals surface area (Å²) < 4.78 is 0. The average Bonchev–Trinajstić information content (AvgIpc) is 1.63. The lowest BCUT2D eigenvalue weighted by Crippen LogP contribution is -2.33. The summed E-state index contributed by atoms with van der Waals surface area (Å²) >= 11 is 0. The Morgan fingerprint density at radius 2 is 1.67 bits per heavy atom. The Bertz CT molecular complexity index is 97.1. The van der Waals surface area contributed by atoms with Crippen LogP contribution in [0.2, 0.25) is 0 Å². The van der Waals surface area contributed by atoms with Gasteiger partial charge >= 0.3 is 0 Å². The van der Waals surface area contributed by atoms with Crippen molar-refractivity contribution in [3.8, 4) is 0 Å². The maximum Gasteiger partial charge on any atom is 0.222 e. The van der Waals surface area contributed by atoms with Gasteiger partial charge in [0, 0.05) is 12.0 Å². The molecule has 0 aromatic rings. The maximum absolute atomic E-state index is 10.8. The van der Waals surface area contributed by atoms with E-state index >= 15 is 0 Å². The lowest BCUT2D eigenvalue weighted by Gasteiger charge is -2.09. The van der Waals surface area contributed by atoms with Gasteiger partial charge in [-0.2, -0.15) is 0 Å². The predicted molar refractivity (Wildman–Crippen MR) is 38.1 cm³/mol. The molecule has 0 aliphatic heterocycles. The van der Waals surface area contributed by atoms with Gasteiger partial charge in [0.1, 0.15) is 0 Å². The Balaban J connectivity index is 3.51. The largest absolute Gasteiger partial charge is 0.354 e. The van der Waals surface area contributed by atoms with Crippen LogP contribution in [-0.4, -0.2) is 11.9 Å². The maximum atomic E-state index is 10.8. The number of rotatable bonds is 2. The molecule has 0 spiro atoms.